The molecule has 0 heterocycles. The third-order valence-corrected chi connectivity index (χ3v) is 5.26. The van der Waals surface area contributed by atoms with E-state index >= 15 is 0 Å². The first kappa shape index (κ1) is 16.0. The predicted octanol–water partition coefficient (Wildman–Crippen LogP) is 1.53. The number of aliphatic hydroxyl groups excluding tert-OH is 1. The van der Waals surface area contributed by atoms with Gasteiger partial charge in [-0.1, -0.05) is 25.0 Å². The van der Waals surface area contributed by atoms with Gasteiger partial charge in [0.1, 0.15) is 0 Å². The molecule has 0 aromatic heterocycles. The van der Waals surface area contributed by atoms with Crippen LogP contribution in [0.25, 0.3) is 0 Å². The van der Waals surface area contributed by atoms with Crippen LogP contribution in [0.2, 0.25) is 0 Å². The first-order valence-corrected chi connectivity index (χ1v) is 8.79. The third kappa shape index (κ3) is 4.53. The van der Waals surface area contributed by atoms with Crippen molar-refractivity contribution >= 4 is 10.0 Å². The molecule has 1 aliphatic rings. The average Bonchev–Trinajstić information content (AvgIpc) is 2.47. The summed E-state index contributed by atoms with van der Waals surface area (Å²) in [5, 5.41) is 18.2. The number of nitrogens with one attached hydrogen (secondary N) is 1. The molecular formula is C15H20N2O3S. The number of sulfonamides is 1. The van der Waals surface area contributed by atoms with E-state index in [1.807, 2.05) is 6.07 Å². The van der Waals surface area contributed by atoms with Crippen molar-refractivity contribution in [1.29, 1.82) is 5.26 Å². The van der Waals surface area contributed by atoms with Crippen molar-refractivity contribution in [3.05, 3.63) is 35.4 Å². The fourth-order valence-corrected chi connectivity index (χ4v) is 4.28. The summed E-state index contributed by atoms with van der Waals surface area (Å²) in [4.78, 5) is 0. The van der Waals surface area contributed by atoms with E-state index in [1.54, 1.807) is 24.3 Å². The molecule has 0 bridgehead atoms. The number of aliphatic hydroxyl groups is 1. The van der Waals surface area contributed by atoms with E-state index in [1.165, 1.54) is 0 Å². The molecule has 1 saturated carbocycles. The molecule has 2 rings (SSSR count). The highest BCUT2D eigenvalue weighted by Gasteiger charge is 2.28. The Labute approximate surface area is 125 Å². The Balaban J connectivity index is 2.06. The number of benzene rings is 1. The maximum Gasteiger partial charge on any atom is 0.216 e. The molecule has 21 heavy (non-hydrogen) atoms. The van der Waals surface area contributed by atoms with Gasteiger partial charge in [-0.25, -0.2) is 13.1 Å². The van der Waals surface area contributed by atoms with Crippen LogP contribution >= 0.6 is 0 Å². The molecule has 1 aromatic rings. The van der Waals surface area contributed by atoms with E-state index in [-0.39, 0.29) is 24.3 Å². The Morgan fingerprint density at radius 1 is 1.33 bits per heavy atom. The van der Waals surface area contributed by atoms with Crippen LogP contribution in [0.3, 0.4) is 0 Å². The lowest BCUT2D eigenvalue weighted by molar-refractivity contribution is 0.164. The molecule has 0 saturated heterocycles. The Morgan fingerprint density at radius 3 is 2.81 bits per heavy atom. The van der Waals surface area contributed by atoms with Gasteiger partial charge in [-0.05, 0) is 36.5 Å². The van der Waals surface area contributed by atoms with Gasteiger partial charge >= 0.3 is 0 Å². The lowest BCUT2D eigenvalue weighted by Gasteiger charge is -2.30. The molecule has 0 aliphatic heterocycles. The highest BCUT2D eigenvalue weighted by atomic mass is 32.2. The van der Waals surface area contributed by atoms with Crippen LogP contribution in [0.15, 0.2) is 24.3 Å². The van der Waals surface area contributed by atoms with Crippen molar-refractivity contribution in [2.24, 2.45) is 5.92 Å². The SMILES string of the molecule is N#Cc1cccc(CS(=O)(=O)NC2CCCCC2CO)c1. The molecule has 114 valence electrons. The number of nitrogens with zero attached hydrogens (tertiary/aromatic N) is 1. The maximum atomic E-state index is 12.3. The van der Waals surface area contributed by atoms with Gasteiger partial charge in [-0.2, -0.15) is 5.26 Å². The van der Waals surface area contributed by atoms with Crippen molar-refractivity contribution < 1.29 is 13.5 Å². The number of hydrogen-bond donors (Lipinski definition) is 2. The summed E-state index contributed by atoms with van der Waals surface area (Å²) in [6.45, 7) is 0.0110. The molecule has 1 aromatic carbocycles. The van der Waals surface area contributed by atoms with Gasteiger partial charge in [0.05, 0.1) is 17.4 Å². The first-order valence-electron chi connectivity index (χ1n) is 7.14. The summed E-state index contributed by atoms with van der Waals surface area (Å²) >= 11 is 0. The van der Waals surface area contributed by atoms with Crippen LogP contribution in [-0.2, 0) is 15.8 Å². The minimum absolute atomic E-state index is 0.000956. The largest absolute Gasteiger partial charge is 0.396 e. The van der Waals surface area contributed by atoms with Gasteiger partial charge in [-0.15, -0.1) is 0 Å². The zero-order valence-electron chi connectivity index (χ0n) is 11.8. The number of nitriles is 1. The second-order valence-electron chi connectivity index (χ2n) is 5.52. The Hall–Kier alpha value is -1.42. The lowest BCUT2D eigenvalue weighted by atomic mass is 9.86. The highest BCUT2D eigenvalue weighted by molar-refractivity contribution is 7.88. The van der Waals surface area contributed by atoms with Crippen LogP contribution < -0.4 is 4.72 Å². The summed E-state index contributed by atoms with van der Waals surface area (Å²) in [5.41, 5.74) is 1.05. The van der Waals surface area contributed by atoms with E-state index in [4.69, 9.17) is 5.26 Å². The van der Waals surface area contributed by atoms with Crippen molar-refractivity contribution in [1.82, 2.24) is 4.72 Å². The van der Waals surface area contributed by atoms with Gasteiger partial charge in [0, 0.05) is 12.6 Å². The van der Waals surface area contributed by atoms with Crippen LogP contribution in [0.1, 0.15) is 36.8 Å². The summed E-state index contributed by atoms with van der Waals surface area (Å²) in [5.74, 6) is -0.143. The molecular weight excluding hydrogens is 288 g/mol. The maximum absolute atomic E-state index is 12.3. The van der Waals surface area contributed by atoms with Crippen molar-refractivity contribution in [3.63, 3.8) is 0 Å². The van der Waals surface area contributed by atoms with Crippen molar-refractivity contribution in [2.45, 2.75) is 37.5 Å². The molecule has 0 amide bonds. The second kappa shape index (κ2) is 7.03. The molecule has 2 N–H and O–H groups in total. The van der Waals surface area contributed by atoms with Crippen LogP contribution in [0, 0.1) is 17.2 Å². The minimum Gasteiger partial charge on any atom is -0.396 e. The van der Waals surface area contributed by atoms with Gasteiger partial charge < -0.3 is 5.11 Å². The smallest absolute Gasteiger partial charge is 0.216 e. The van der Waals surface area contributed by atoms with Crippen LogP contribution in [-0.4, -0.2) is 26.2 Å². The topological polar surface area (TPSA) is 90.2 Å². The molecule has 0 spiro atoms. The Bertz CT molecular complexity index is 622. The van der Waals surface area contributed by atoms with E-state index in [0.717, 1.165) is 25.7 Å². The first-order chi connectivity index (χ1) is 10.0. The second-order valence-corrected chi connectivity index (χ2v) is 7.28. The van der Waals surface area contributed by atoms with Gasteiger partial charge in [0.25, 0.3) is 0 Å². The van der Waals surface area contributed by atoms with Crippen LogP contribution in [0.4, 0.5) is 0 Å². The average molecular weight is 308 g/mol. The summed E-state index contributed by atoms with van der Waals surface area (Å²) in [6.07, 6.45) is 3.64. The summed E-state index contributed by atoms with van der Waals surface area (Å²) < 4.78 is 27.2. The van der Waals surface area contributed by atoms with Crippen molar-refractivity contribution in [2.75, 3.05) is 6.61 Å². The minimum atomic E-state index is -3.47. The number of hydrogen-bond acceptors (Lipinski definition) is 4. The van der Waals surface area contributed by atoms with Gasteiger partial charge in [-0.3, -0.25) is 0 Å². The Kier molecular flexibility index (Phi) is 5.34. The van der Waals surface area contributed by atoms with E-state index in [2.05, 4.69) is 4.72 Å². The molecule has 2 atom stereocenters. The van der Waals surface area contributed by atoms with E-state index < -0.39 is 10.0 Å². The van der Waals surface area contributed by atoms with Gasteiger partial charge in [0.2, 0.25) is 10.0 Å². The zero-order valence-corrected chi connectivity index (χ0v) is 12.6. The zero-order chi connectivity index (χ0) is 15.3. The van der Waals surface area contributed by atoms with E-state index in [9.17, 15) is 13.5 Å². The molecule has 2 unspecified atom stereocenters. The quantitative estimate of drug-likeness (QED) is 0.863. The van der Waals surface area contributed by atoms with Crippen molar-refractivity contribution in [3.8, 4) is 6.07 Å². The fourth-order valence-electron chi connectivity index (χ4n) is 2.80. The fraction of sp³-hybridized carbons (Fsp3) is 0.533. The summed E-state index contributed by atoms with van der Waals surface area (Å²) in [6, 6.07) is 8.43. The lowest BCUT2D eigenvalue weighted by Crippen LogP contribution is -2.43. The molecule has 1 aliphatic carbocycles. The van der Waals surface area contributed by atoms with Gasteiger partial charge in [0.15, 0.2) is 0 Å². The summed E-state index contributed by atoms with van der Waals surface area (Å²) in [7, 11) is -3.47. The van der Waals surface area contributed by atoms with Crippen LogP contribution in [0.5, 0.6) is 0 Å². The normalized spacial score (nSPS) is 22.7. The monoisotopic (exact) mass is 308 g/mol. The predicted molar refractivity (Wildman–Crippen MR) is 79.7 cm³/mol. The molecule has 6 heteroatoms. The molecule has 1 fully saturated rings. The Morgan fingerprint density at radius 2 is 2.10 bits per heavy atom. The molecule has 0 radical (unpaired) electrons. The van der Waals surface area contributed by atoms with E-state index in [0.29, 0.717) is 11.1 Å². The third-order valence-electron chi connectivity index (χ3n) is 3.89. The molecule has 5 nitrogen and oxygen atoms in total. The highest BCUT2D eigenvalue weighted by Crippen LogP contribution is 2.25. The standard InChI is InChI=1S/C15H20N2O3S/c16-9-12-4-3-5-13(8-12)11-21(19,20)17-15-7-2-1-6-14(15)10-18/h3-5,8,14-15,17-18H,1-2,6-7,10-11H2. The number of rotatable bonds is 5.